The Bertz CT molecular complexity index is 911. The lowest BCUT2D eigenvalue weighted by molar-refractivity contribution is -0.148. The number of ketones is 1. The van der Waals surface area contributed by atoms with Crippen LogP contribution in [0.2, 0.25) is 5.02 Å². The Hall–Kier alpha value is -2.99. The van der Waals surface area contributed by atoms with Crippen LogP contribution in [0.3, 0.4) is 0 Å². The smallest absolute Gasteiger partial charge is 0.331 e. The van der Waals surface area contributed by atoms with Gasteiger partial charge >= 0.3 is 5.97 Å². The lowest BCUT2D eigenvalue weighted by Crippen LogP contribution is -2.30. The fourth-order valence-corrected chi connectivity index (χ4v) is 2.37. The molecule has 0 heterocycles. The zero-order valence-corrected chi connectivity index (χ0v) is 15.4. The molecular weight excluding hydrogens is 373 g/mol. The highest BCUT2D eigenvalue weighted by atomic mass is 35.5. The van der Waals surface area contributed by atoms with Gasteiger partial charge < -0.3 is 10.1 Å². The molecule has 27 heavy (non-hydrogen) atoms. The largest absolute Gasteiger partial charge is 0.449 e. The number of carbonyl (C=O) groups excluding carboxylic acids is 3. The van der Waals surface area contributed by atoms with Gasteiger partial charge in [-0.15, -0.1) is 0 Å². The molecule has 1 atom stereocenters. The number of hydrogen-bond donors (Lipinski definition) is 1. The number of nitrogens with one attached hydrogen (secondary N) is 1. The van der Waals surface area contributed by atoms with Crippen LogP contribution >= 0.6 is 11.6 Å². The summed E-state index contributed by atoms with van der Waals surface area (Å²) in [5.74, 6) is -2.09. The SMILES string of the molecule is CC(=O)c1ccccc1NC(=O)[C@H](C)OC(=O)/C=C/c1ccc(F)c(Cl)c1. The van der Waals surface area contributed by atoms with E-state index in [9.17, 15) is 18.8 Å². The van der Waals surface area contributed by atoms with Crippen molar-refractivity contribution >= 4 is 41.0 Å². The second-order valence-electron chi connectivity index (χ2n) is 5.68. The van der Waals surface area contributed by atoms with E-state index < -0.39 is 23.8 Å². The third-order valence-corrected chi connectivity index (χ3v) is 3.87. The molecule has 140 valence electrons. The van der Waals surface area contributed by atoms with Crippen LogP contribution in [0.5, 0.6) is 0 Å². The summed E-state index contributed by atoms with van der Waals surface area (Å²) in [5, 5.41) is 2.50. The molecule has 1 amide bonds. The lowest BCUT2D eigenvalue weighted by Gasteiger charge is -2.14. The van der Waals surface area contributed by atoms with Gasteiger partial charge in [0.15, 0.2) is 11.9 Å². The third kappa shape index (κ3) is 5.76. The maximum atomic E-state index is 13.1. The number of ether oxygens (including phenoxy) is 1. The van der Waals surface area contributed by atoms with Crippen LogP contribution in [0.4, 0.5) is 10.1 Å². The van der Waals surface area contributed by atoms with Crippen LogP contribution in [0, 0.1) is 5.82 Å². The predicted molar refractivity (Wildman–Crippen MR) is 101 cm³/mol. The Labute approximate surface area is 160 Å². The number of hydrogen-bond acceptors (Lipinski definition) is 4. The van der Waals surface area contributed by atoms with Crippen molar-refractivity contribution in [3.8, 4) is 0 Å². The zero-order valence-electron chi connectivity index (χ0n) is 14.7. The average molecular weight is 390 g/mol. The van der Waals surface area contributed by atoms with Gasteiger partial charge in [-0.25, -0.2) is 9.18 Å². The molecule has 0 aliphatic rings. The molecule has 2 aromatic rings. The summed E-state index contributed by atoms with van der Waals surface area (Å²) in [5.41, 5.74) is 1.21. The standard InChI is InChI=1S/C20H17ClFNO4/c1-12(24)15-5-3-4-6-18(15)23-20(26)13(2)27-19(25)10-8-14-7-9-17(22)16(21)11-14/h3-11,13H,1-2H3,(H,23,26)/b10-8+/t13-/m0/s1. The van der Waals surface area contributed by atoms with Crippen molar-refractivity contribution in [1.82, 2.24) is 0 Å². The Morgan fingerprint density at radius 3 is 2.56 bits per heavy atom. The number of benzene rings is 2. The number of anilines is 1. The minimum Gasteiger partial charge on any atom is -0.449 e. The summed E-state index contributed by atoms with van der Waals surface area (Å²) in [6.45, 7) is 2.80. The molecule has 0 radical (unpaired) electrons. The monoisotopic (exact) mass is 389 g/mol. The molecule has 0 unspecified atom stereocenters. The number of esters is 1. The maximum Gasteiger partial charge on any atom is 0.331 e. The molecule has 5 nitrogen and oxygen atoms in total. The van der Waals surface area contributed by atoms with Gasteiger partial charge in [0.1, 0.15) is 5.82 Å². The number of rotatable bonds is 6. The Kier molecular flexibility index (Phi) is 6.85. The van der Waals surface area contributed by atoms with Crippen molar-refractivity contribution in [3.05, 3.63) is 70.5 Å². The normalized spacial score (nSPS) is 11.9. The molecule has 0 aliphatic carbocycles. The fourth-order valence-electron chi connectivity index (χ4n) is 2.18. The highest BCUT2D eigenvalue weighted by Crippen LogP contribution is 2.18. The van der Waals surface area contributed by atoms with Crippen LogP contribution in [0.1, 0.15) is 29.8 Å². The number of amides is 1. The first kappa shape index (κ1) is 20.3. The molecule has 0 bridgehead atoms. The van der Waals surface area contributed by atoms with E-state index in [1.54, 1.807) is 24.3 Å². The maximum absolute atomic E-state index is 13.1. The van der Waals surface area contributed by atoms with E-state index in [1.165, 1.54) is 38.1 Å². The van der Waals surface area contributed by atoms with Crippen molar-refractivity contribution in [1.29, 1.82) is 0 Å². The molecule has 0 spiro atoms. The molecule has 0 saturated heterocycles. The topological polar surface area (TPSA) is 72.5 Å². The van der Waals surface area contributed by atoms with Crippen molar-refractivity contribution in [3.63, 3.8) is 0 Å². The van der Waals surface area contributed by atoms with Crippen molar-refractivity contribution in [2.45, 2.75) is 20.0 Å². The van der Waals surface area contributed by atoms with Crippen LogP contribution in [-0.2, 0) is 14.3 Å². The van der Waals surface area contributed by atoms with E-state index in [-0.39, 0.29) is 10.8 Å². The third-order valence-electron chi connectivity index (χ3n) is 3.58. The second-order valence-corrected chi connectivity index (χ2v) is 6.08. The fraction of sp³-hybridized carbons (Fsp3) is 0.150. The van der Waals surface area contributed by atoms with Gasteiger partial charge in [0, 0.05) is 11.6 Å². The highest BCUT2D eigenvalue weighted by molar-refractivity contribution is 6.30. The Balaban J connectivity index is 1.97. The summed E-state index contributed by atoms with van der Waals surface area (Å²) in [6.07, 6.45) is 1.42. The number of para-hydroxylation sites is 1. The van der Waals surface area contributed by atoms with E-state index >= 15 is 0 Å². The van der Waals surface area contributed by atoms with Gasteiger partial charge in [-0.3, -0.25) is 9.59 Å². The number of halogens is 2. The summed E-state index contributed by atoms with van der Waals surface area (Å²) in [4.78, 5) is 35.6. The molecule has 0 aliphatic heterocycles. The van der Waals surface area contributed by atoms with Crippen molar-refractivity contribution in [2.75, 3.05) is 5.32 Å². The summed E-state index contributed by atoms with van der Waals surface area (Å²) in [6, 6.07) is 10.5. The first-order valence-corrected chi connectivity index (χ1v) is 8.40. The van der Waals surface area contributed by atoms with Gasteiger partial charge in [0.05, 0.1) is 10.7 Å². The molecule has 0 saturated carbocycles. The zero-order chi connectivity index (χ0) is 20.0. The molecule has 7 heteroatoms. The minimum atomic E-state index is -1.08. The summed E-state index contributed by atoms with van der Waals surface area (Å²) in [7, 11) is 0. The summed E-state index contributed by atoms with van der Waals surface area (Å²) < 4.78 is 18.1. The quantitative estimate of drug-likeness (QED) is 0.455. The van der Waals surface area contributed by atoms with E-state index in [2.05, 4.69) is 5.32 Å². The van der Waals surface area contributed by atoms with Crippen LogP contribution in [0.15, 0.2) is 48.5 Å². The van der Waals surface area contributed by atoms with Gasteiger partial charge in [-0.05, 0) is 49.8 Å². The predicted octanol–water partition coefficient (Wildman–Crippen LogP) is 4.27. The van der Waals surface area contributed by atoms with Gasteiger partial charge in [-0.1, -0.05) is 29.8 Å². The van der Waals surface area contributed by atoms with Crippen LogP contribution < -0.4 is 5.32 Å². The van der Waals surface area contributed by atoms with Crippen LogP contribution in [-0.4, -0.2) is 23.8 Å². The molecule has 2 aromatic carbocycles. The van der Waals surface area contributed by atoms with Gasteiger partial charge in [-0.2, -0.15) is 0 Å². The first-order chi connectivity index (χ1) is 12.8. The Morgan fingerprint density at radius 2 is 1.89 bits per heavy atom. The highest BCUT2D eigenvalue weighted by Gasteiger charge is 2.18. The molecular formula is C20H17ClFNO4. The van der Waals surface area contributed by atoms with E-state index in [4.69, 9.17) is 16.3 Å². The molecule has 0 aromatic heterocycles. The van der Waals surface area contributed by atoms with Crippen molar-refractivity contribution < 1.29 is 23.5 Å². The molecule has 1 N–H and O–H groups in total. The Morgan fingerprint density at radius 1 is 1.19 bits per heavy atom. The van der Waals surface area contributed by atoms with E-state index in [0.717, 1.165) is 6.08 Å². The lowest BCUT2D eigenvalue weighted by atomic mass is 10.1. The number of carbonyl (C=O) groups is 3. The van der Waals surface area contributed by atoms with E-state index in [1.807, 2.05) is 0 Å². The first-order valence-electron chi connectivity index (χ1n) is 8.02. The molecule has 2 rings (SSSR count). The van der Waals surface area contributed by atoms with Crippen molar-refractivity contribution in [2.24, 2.45) is 0 Å². The van der Waals surface area contributed by atoms with Gasteiger partial charge in [0.25, 0.3) is 5.91 Å². The van der Waals surface area contributed by atoms with E-state index in [0.29, 0.717) is 16.8 Å². The summed E-state index contributed by atoms with van der Waals surface area (Å²) >= 11 is 5.67. The minimum absolute atomic E-state index is 0.0672. The van der Waals surface area contributed by atoms with Crippen LogP contribution in [0.25, 0.3) is 6.08 Å². The molecule has 0 fully saturated rings. The average Bonchev–Trinajstić information content (AvgIpc) is 2.63. The second kappa shape index (κ2) is 9.09. The number of Topliss-reactive ketones (excluding diaryl/α,β-unsaturated/α-hetero) is 1. The van der Waals surface area contributed by atoms with Gasteiger partial charge in [0.2, 0.25) is 0 Å².